The highest BCUT2D eigenvalue weighted by Crippen LogP contribution is 2.41. The van der Waals surface area contributed by atoms with Crippen molar-refractivity contribution in [2.75, 3.05) is 6.61 Å². The molecule has 0 aliphatic carbocycles. The van der Waals surface area contributed by atoms with Crippen LogP contribution in [-0.4, -0.2) is 50.5 Å². The molecule has 3 rings (SSSR count). The zero-order valence-electron chi connectivity index (χ0n) is 22.6. The van der Waals surface area contributed by atoms with Gasteiger partial charge in [0.1, 0.15) is 12.2 Å². The fraction of sp³-hybridized carbons (Fsp3) is 0.500. The molecule has 1 aliphatic rings. The summed E-state index contributed by atoms with van der Waals surface area (Å²) in [5.41, 5.74) is -2.39. The third kappa shape index (κ3) is 5.89. The van der Waals surface area contributed by atoms with Crippen LogP contribution in [-0.2, 0) is 23.4 Å². The number of nitrogens with one attached hydrogen (secondary N) is 1. The van der Waals surface area contributed by atoms with Gasteiger partial charge in [0, 0.05) is 0 Å². The number of hydrogen-bond donors (Lipinski definition) is 1. The number of benzene rings is 2. The van der Waals surface area contributed by atoms with Crippen molar-refractivity contribution in [3.05, 3.63) is 60.7 Å². The maximum absolute atomic E-state index is 13.1. The zero-order valence-corrected chi connectivity index (χ0v) is 23.6. The highest BCUT2D eigenvalue weighted by molar-refractivity contribution is 6.99. The molecule has 2 aromatic rings. The smallest absolute Gasteiger partial charge is 0.410 e. The second-order valence-corrected chi connectivity index (χ2v) is 15.9. The predicted octanol–water partition coefficient (Wildman–Crippen LogP) is 4.13. The first-order valence-corrected chi connectivity index (χ1v) is 14.1. The molecule has 0 radical (unpaired) electrons. The Morgan fingerprint density at radius 1 is 0.972 bits per heavy atom. The molecule has 2 aromatic carbocycles. The van der Waals surface area contributed by atoms with Crippen LogP contribution in [0.1, 0.15) is 55.4 Å². The average Bonchev–Trinajstić information content (AvgIpc) is 2.78. The normalized spacial score (nSPS) is 22.5. The summed E-state index contributed by atoms with van der Waals surface area (Å²) in [6.07, 6.45) is -1.20. The molecule has 8 heteroatoms. The van der Waals surface area contributed by atoms with E-state index in [1.807, 2.05) is 60.7 Å². The topological polar surface area (TPSA) is 83.1 Å². The summed E-state index contributed by atoms with van der Waals surface area (Å²) in [6.45, 7) is 15.0. The van der Waals surface area contributed by atoms with E-state index in [1.165, 1.54) is 0 Å². The monoisotopic (exact) mass is 513 g/mol. The molecule has 1 N–H and O–H groups in total. The van der Waals surface area contributed by atoms with Gasteiger partial charge >= 0.3 is 6.09 Å². The number of alkyl carbamates (subject to hydrolysis) is 1. The van der Waals surface area contributed by atoms with Crippen LogP contribution in [0.2, 0.25) is 5.04 Å². The number of carbonyl (C=O) groups is 2. The summed E-state index contributed by atoms with van der Waals surface area (Å²) in [5.74, 6) is -1.04. The second-order valence-electron chi connectivity index (χ2n) is 11.6. The lowest BCUT2D eigenvalue weighted by molar-refractivity contribution is -0.322. The predicted molar refractivity (Wildman–Crippen MR) is 142 cm³/mol. The van der Waals surface area contributed by atoms with Gasteiger partial charge < -0.3 is 23.4 Å². The molecule has 0 spiro atoms. The fourth-order valence-corrected chi connectivity index (χ4v) is 9.26. The zero-order chi connectivity index (χ0) is 26.8. The Hall–Kier alpha value is -2.52. The molecule has 1 saturated heterocycles. The van der Waals surface area contributed by atoms with Gasteiger partial charge in [0.05, 0.1) is 0 Å². The van der Waals surface area contributed by atoms with E-state index in [4.69, 9.17) is 18.6 Å². The minimum absolute atomic E-state index is 0.104. The summed E-state index contributed by atoms with van der Waals surface area (Å²) in [4.78, 5) is 25.6. The minimum atomic E-state index is -3.23. The minimum Gasteiger partial charge on any atom is -0.444 e. The molecule has 0 bridgehead atoms. The summed E-state index contributed by atoms with van der Waals surface area (Å²) in [5, 5.41) is 4.43. The van der Waals surface area contributed by atoms with Gasteiger partial charge in [-0.1, -0.05) is 81.4 Å². The average molecular weight is 514 g/mol. The molecule has 0 unspecified atom stereocenters. The maximum atomic E-state index is 13.1. The Kier molecular flexibility index (Phi) is 7.86. The van der Waals surface area contributed by atoms with E-state index >= 15 is 0 Å². The van der Waals surface area contributed by atoms with Gasteiger partial charge in [-0.3, -0.25) is 5.32 Å². The summed E-state index contributed by atoms with van der Waals surface area (Å²) in [6, 6.07) is 19.9. The molecular weight excluding hydrogens is 474 g/mol. The first-order valence-electron chi connectivity index (χ1n) is 12.2. The van der Waals surface area contributed by atoms with Crippen LogP contribution in [0.15, 0.2) is 60.7 Å². The van der Waals surface area contributed by atoms with Crippen molar-refractivity contribution in [1.29, 1.82) is 0 Å². The number of aldehydes is 1. The van der Waals surface area contributed by atoms with Crippen LogP contribution in [0.3, 0.4) is 0 Å². The molecule has 7 nitrogen and oxygen atoms in total. The quantitative estimate of drug-likeness (QED) is 0.355. The molecule has 1 aliphatic heterocycles. The van der Waals surface area contributed by atoms with Crippen molar-refractivity contribution in [1.82, 2.24) is 5.32 Å². The van der Waals surface area contributed by atoms with Crippen LogP contribution in [0.25, 0.3) is 0 Å². The van der Waals surface area contributed by atoms with Crippen LogP contribution in [0.5, 0.6) is 0 Å². The maximum Gasteiger partial charge on any atom is 0.410 e. The molecule has 0 aromatic heterocycles. The SMILES string of the molecule is CC(C)(C)OC(=O)N[C@@]1(O[Si](c2ccccc2)(c2ccccc2)C(C)(C)C)COC(C)(C)O[C@H]1C=O. The standard InChI is InChI=1S/C28H39NO6Si/c1-25(2,3)34-24(31)29-28(20-32-27(7,8)33-23(28)19-30)35-36(26(4,5)6,21-15-11-9-12-16-21)22-17-13-10-14-18-22/h9-19,23H,20H2,1-8H3,(H,29,31)/t23-,28+/m0/s1. The van der Waals surface area contributed by atoms with Gasteiger partial charge in [-0.05, 0) is 50.0 Å². The fourth-order valence-electron chi connectivity index (χ4n) is 4.55. The molecular formula is C28H39NO6Si. The number of ether oxygens (including phenoxy) is 3. The van der Waals surface area contributed by atoms with E-state index in [1.54, 1.807) is 34.6 Å². The lowest BCUT2D eigenvalue weighted by Crippen LogP contribution is -2.77. The van der Waals surface area contributed by atoms with Gasteiger partial charge in [-0.15, -0.1) is 0 Å². The Balaban J connectivity index is 2.26. The van der Waals surface area contributed by atoms with Gasteiger partial charge in [-0.2, -0.15) is 0 Å². The summed E-state index contributed by atoms with van der Waals surface area (Å²) >= 11 is 0. The van der Waals surface area contributed by atoms with Crippen molar-refractivity contribution in [3.63, 3.8) is 0 Å². The van der Waals surface area contributed by atoms with Gasteiger partial charge in [0.25, 0.3) is 8.32 Å². The Morgan fingerprint density at radius 2 is 1.47 bits per heavy atom. The van der Waals surface area contributed by atoms with Crippen LogP contribution in [0, 0.1) is 0 Å². The van der Waals surface area contributed by atoms with Crippen molar-refractivity contribution >= 4 is 31.1 Å². The highest BCUT2D eigenvalue weighted by Gasteiger charge is 2.60. The molecule has 1 amide bonds. The van der Waals surface area contributed by atoms with Crippen LogP contribution in [0.4, 0.5) is 4.79 Å². The number of rotatable bonds is 6. The first kappa shape index (κ1) is 28.1. The van der Waals surface area contributed by atoms with Crippen molar-refractivity contribution in [2.45, 2.75) is 83.6 Å². The molecule has 36 heavy (non-hydrogen) atoms. The van der Waals surface area contributed by atoms with E-state index in [0.29, 0.717) is 6.29 Å². The highest BCUT2D eigenvalue weighted by atomic mass is 28.4. The van der Waals surface area contributed by atoms with Crippen LogP contribution < -0.4 is 15.7 Å². The van der Waals surface area contributed by atoms with E-state index in [2.05, 4.69) is 26.1 Å². The van der Waals surface area contributed by atoms with E-state index in [-0.39, 0.29) is 6.61 Å². The largest absolute Gasteiger partial charge is 0.444 e. The summed E-state index contributed by atoms with van der Waals surface area (Å²) < 4.78 is 24.9. The molecule has 2 atom stereocenters. The molecule has 1 fully saturated rings. The van der Waals surface area contributed by atoms with E-state index < -0.39 is 42.7 Å². The van der Waals surface area contributed by atoms with Gasteiger partial charge in [0.15, 0.2) is 23.9 Å². The Morgan fingerprint density at radius 3 is 1.89 bits per heavy atom. The molecule has 1 heterocycles. The third-order valence-electron chi connectivity index (χ3n) is 6.09. The second kappa shape index (κ2) is 10.1. The number of hydrogen-bond acceptors (Lipinski definition) is 6. The van der Waals surface area contributed by atoms with E-state index in [9.17, 15) is 9.59 Å². The van der Waals surface area contributed by atoms with Crippen molar-refractivity contribution in [3.8, 4) is 0 Å². The van der Waals surface area contributed by atoms with Gasteiger partial charge in [-0.25, -0.2) is 4.79 Å². The lowest BCUT2D eigenvalue weighted by atomic mass is 10.1. The molecule has 0 saturated carbocycles. The third-order valence-corrected chi connectivity index (χ3v) is 11.2. The molecule has 196 valence electrons. The first-order chi connectivity index (χ1) is 16.6. The van der Waals surface area contributed by atoms with Crippen LogP contribution >= 0.6 is 0 Å². The van der Waals surface area contributed by atoms with Gasteiger partial charge in [0.2, 0.25) is 0 Å². The number of carbonyl (C=O) groups excluding carboxylic acids is 2. The Bertz CT molecular complexity index is 1010. The number of amides is 1. The van der Waals surface area contributed by atoms with E-state index in [0.717, 1.165) is 10.4 Å². The summed E-state index contributed by atoms with van der Waals surface area (Å²) in [7, 11) is -3.23. The lowest BCUT2D eigenvalue weighted by Gasteiger charge is -2.53. The van der Waals surface area contributed by atoms with Crippen molar-refractivity contribution < 1.29 is 28.2 Å². The van der Waals surface area contributed by atoms with Crippen molar-refractivity contribution in [2.24, 2.45) is 0 Å². The Labute approximate surface area is 215 Å².